The molecule has 1 aliphatic heterocycles. The van der Waals surface area contributed by atoms with Crippen LogP contribution in [0.4, 0.5) is 18.3 Å². The van der Waals surface area contributed by atoms with E-state index >= 15 is 0 Å². The van der Waals surface area contributed by atoms with E-state index in [1.165, 1.54) is 29.5 Å². The molecule has 10 heteroatoms. The van der Waals surface area contributed by atoms with E-state index in [9.17, 15) is 18.0 Å². The van der Waals surface area contributed by atoms with Gasteiger partial charge in [-0.2, -0.15) is 0 Å². The number of thiazole rings is 1. The summed E-state index contributed by atoms with van der Waals surface area (Å²) < 4.78 is 47.0. The summed E-state index contributed by atoms with van der Waals surface area (Å²) in [5.74, 6) is -0.0416. The first-order chi connectivity index (χ1) is 15.5. The molecule has 182 valence electrons. The zero-order valence-corrected chi connectivity index (χ0v) is 20.1. The zero-order chi connectivity index (χ0) is 24.2. The molecular weight excluding hydrogens is 455 g/mol. The molecule has 0 bridgehead atoms. The van der Waals surface area contributed by atoms with Gasteiger partial charge in [-0.1, -0.05) is 37.3 Å². The third-order valence-electron chi connectivity index (χ3n) is 5.53. The van der Waals surface area contributed by atoms with E-state index in [0.29, 0.717) is 22.1 Å². The van der Waals surface area contributed by atoms with Gasteiger partial charge in [-0.25, -0.2) is 4.98 Å². The van der Waals surface area contributed by atoms with Crippen molar-refractivity contribution in [1.29, 1.82) is 0 Å². The molecule has 1 fully saturated rings. The van der Waals surface area contributed by atoms with Gasteiger partial charge in [-0.05, 0) is 49.3 Å². The fraction of sp³-hybridized carbons (Fsp3) is 0.565. The quantitative estimate of drug-likeness (QED) is 0.534. The molecule has 0 spiro atoms. The van der Waals surface area contributed by atoms with Crippen molar-refractivity contribution >= 4 is 22.4 Å². The highest BCUT2D eigenvalue weighted by atomic mass is 32.1. The van der Waals surface area contributed by atoms with Crippen LogP contribution in [-0.2, 0) is 4.74 Å². The van der Waals surface area contributed by atoms with Crippen molar-refractivity contribution in [2.75, 3.05) is 31.7 Å². The van der Waals surface area contributed by atoms with E-state index in [0.717, 1.165) is 37.7 Å². The Labute approximate surface area is 196 Å². The summed E-state index contributed by atoms with van der Waals surface area (Å²) in [6.45, 7) is 8.07. The van der Waals surface area contributed by atoms with Crippen molar-refractivity contribution in [2.24, 2.45) is 5.92 Å². The third kappa shape index (κ3) is 7.07. The standard InChI is InChI=1S/C23H30F3N3O3S/c1-14(2)19-20(33-22(28-19)29(4)13-16-8-10-31-11-9-16)21(30)27-15(3)17-6-5-7-18(12-17)32-23(24,25)26/h5-7,12,14-16H,8-11,13H2,1-4H3,(H,27,30). The van der Waals surface area contributed by atoms with Gasteiger partial charge in [-0.15, -0.1) is 13.2 Å². The van der Waals surface area contributed by atoms with E-state index in [1.54, 1.807) is 13.0 Å². The molecule has 1 aliphatic rings. The van der Waals surface area contributed by atoms with Crippen LogP contribution in [0.15, 0.2) is 24.3 Å². The molecule has 1 atom stereocenters. The number of benzene rings is 1. The number of carbonyl (C=O) groups is 1. The van der Waals surface area contributed by atoms with Crippen LogP contribution in [0, 0.1) is 5.92 Å². The molecule has 33 heavy (non-hydrogen) atoms. The molecule has 0 saturated carbocycles. The van der Waals surface area contributed by atoms with Crippen LogP contribution < -0.4 is 15.0 Å². The van der Waals surface area contributed by atoms with Crippen LogP contribution in [0.3, 0.4) is 0 Å². The Morgan fingerprint density at radius 1 is 1.30 bits per heavy atom. The van der Waals surface area contributed by atoms with Crippen molar-refractivity contribution in [3.63, 3.8) is 0 Å². The smallest absolute Gasteiger partial charge is 0.406 e. The second-order valence-electron chi connectivity index (χ2n) is 8.62. The number of nitrogens with zero attached hydrogens (tertiary/aromatic N) is 2. The maximum Gasteiger partial charge on any atom is 0.573 e. The number of anilines is 1. The van der Waals surface area contributed by atoms with Crippen molar-refractivity contribution in [3.05, 3.63) is 40.4 Å². The van der Waals surface area contributed by atoms with E-state index in [4.69, 9.17) is 9.72 Å². The Balaban J connectivity index is 1.72. The summed E-state index contributed by atoms with van der Waals surface area (Å²) in [5.41, 5.74) is 1.23. The van der Waals surface area contributed by atoms with E-state index in [-0.39, 0.29) is 17.6 Å². The van der Waals surface area contributed by atoms with Crippen LogP contribution in [0.2, 0.25) is 0 Å². The fourth-order valence-electron chi connectivity index (χ4n) is 3.76. The molecule has 0 radical (unpaired) electrons. The molecule has 3 rings (SSSR count). The average molecular weight is 486 g/mol. The van der Waals surface area contributed by atoms with Crippen molar-refractivity contribution in [2.45, 2.75) is 51.9 Å². The Morgan fingerprint density at radius 3 is 2.64 bits per heavy atom. The Bertz CT molecular complexity index is 943. The summed E-state index contributed by atoms with van der Waals surface area (Å²) in [5, 5.41) is 3.67. The van der Waals surface area contributed by atoms with Gasteiger partial charge in [0.15, 0.2) is 5.13 Å². The van der Waals surface area contributed by atoms with Crippen LogP contribution >= 0.6 is 11.3 Å². The molecule has 1 N–H and O–H groups in total. The van der Waals surface area contributed by atoms with Crippen molar-refractivity contribution in [1.82, 2.24) is 10.3 Å². The van der Waals surface area contributed by atoms with Crippen LogP contribution in [0.5, 0.6) is 5.75 Å². The van der Waals surface area contributed by atoms with Gasteiger partial charge < -0.3 is 19.7 Å². The van der Waals surface area contributed by atoms with E-state index < -0.39 is 12.4 Å². The highest BCUT2D eigenvalue weighted by Gasteiger charge is 2.31. The number of halogens is 3. The number of nitrogens with one attached hydrogen (secondary N) is 1. The molecule has 1 saturated heterocycles. The summed E-state index contributed by atoms with van der Waals surface area (Å²) in [4.78, 5) is 20.5. The van der Waals surface area contributed by atoms with Gasteiger partial charge in [0.25, 0.3) is 5.91 Å². The predicted molar refractivity (Wildman–Crippen MR) is 122 cm³/mol. The van der Waals surface area contributed by atoms with Crippen molar-refractivity contribution < 1.29 is 27.4 Å². The molecule has 2 aromatic rings. The lowest BCUT2D eigenvalue weighted by atomic mass is 10.0. The third-order valence-corrected chi connectivity index (χ3v) is 6.72. The number of aromatic nitrogens is 1. The Kier molecular flexibility index (Phi) is 8.23. The number of carbonyl (C=O) groups excluding carboxylic acids is 1. The molecule has 1 unspecified atom stereocenters. The van der Waals surface area contributed by atoms with E-state index in [1.807, 2.05) is 20.9 Å². The van der Waals surface area contributed by atoms with Gasteiger partial charge >= 0.3 is 6.36 Å². The van der Waals surface area contributed by atoms with Crippen molar-refractivity contribution in [3.8, 4) is 5.75 Å². The second kappa shape index (κ2) is 10.7. The zero-order valence-electron chi connectivity index (χ0n) is 19.2. The first kappa shape index (κ1) is 25.3. The molecule has 0 aliphatic carbocycles. The Hall–Kier alpha value is -2.33. The normalized spacial score (nSPS) is 16.0. The summed E-state index contributed by atoms with van der Waals surface area (Å²) in [6.07, 6.45) is -2.75. The molecule has 1 amide bonds. The lowest BCUT2D eigenvalue weighted by Gasteiger charge is -2.26. The van der Waals surface area contributed by atoms with Crippen LogP contribution in [0.1, 0.15) is 66.5 Å². The van der Waals surface area contributed by atoms with Gasteiger partial charge in [0.2, 0.25) is 0 Å². The highest BCUT2D eigenvalue weighted by molar-refractivity contribution is 7.17. The van der Waals surface area contributed by atoms with Gasteiger partial charge in [0.1, 0.15) is 10.6 Å². The van der Waals surface area contributed by atoms with Crippen LogP contribution in [0.25, 0.3) is 0 Å². The molecule has 1 aromatic carbocycles. The Morgan fingerprint density at radius 2 is 2.00 bits per heavy atom. The summed E-state index contributed by atoms with van der Waals surface area (Å²) in [7, 11) is 1.98. The topological polar surface area (TPSA) is 63.7 Å². The SMILES string of the molecule is CC(C)c1nc(N(C)CC2CCOCC2)sc1C(=O)NC(C)c1cccc(OC(F)(F)F)c1. The highest BCUT2D eigenvalue weighted by Crippen LogP contribution is 2.32. The fourth-order valence-corrected chi connectivity index (χ4v) is 4.85. The lowest BCUT2D eigenvalue weighted by molar-refractivity contribution is -0.274. The maximum absolute atomic E-state index is 13.1. The lowest BCUT2D eigenvalue weighted by Crippen LogP contribution is -2.29. The number of alkyl halides is 3. The van der Waals surface area contributed by atoms with Gasteiger partial charge in [-0.3, -0.25) is 4.79 Å². The monoisotopic (exact) mass is 485 g/mol. The molecule has 2 heterocycles. The van der Waals surface area contributed by atoms with Gasteiger partial charge in [0, 0.05) is 26.8 Å². The number of hydrogen-bond donors (Lipinski definition) is 1. The average Bonchev–Trinajstić information content (AvgIpc) is 3.20. The molecule has 1 aromatic heterocycles. The first-order valence-electron chi connectivity index (χ1n) is 11.0. The summed E-state index contributed by atoms with van der Waals surface area (Å²) >= 11 is 1.34. The maximum atomic E-state index is 13.1. The first-order valence-corrected chi connectivity index (χ1v) is 11.8. The number of ether oxygens (including phenoxy) is 2. The van der Waals surface area contributed by atoms with Gasteiger partial charge in [0.05, 0.1) is 11.7 Å². The molecular formula is C23H30F3N3O3S. The number of hydrogen-bond acceptors (Lipinski definition) is 6. The summed E-state index contributed by atoms with van der Waals surface area (Å²) in [6, 6.07) is 5.11. The van der Waals surface area contributed by atoms with E-state index in [2.05, 4.69) is 15.0 Å². The largest absolute Gasteiger partial charge is 0.573 e. The predicted octanol–water partition coefficient (Wildman–Crippen LogP) is 5.52. The number of rotatable bonds is 8. The number of amides is 1. The minimum absolute atomic E-state index is 0.0473. The minimum atomic E-state index is -4.77. The molecule has 6 nitrogen and oxygen atoms in total. The second-order valence-corrected chi connectivity index (χ2v) is 9.59. The minimum Gasteiger partial charge on any atom is -0.406 e. The van der Waals surface area contributed by atoms with Crippen LogP contribution in [-0.4, -0.2) is 44.1 Å².